The second-order valence-corrected chi connectivity index (χ2v) is 10.4. The molecule has 0 aliphatic carbocycles. The van der Waals surface area contributed by atoms with Crippen molar-refractivity contribution in [2.45, 2.75) is 14.7 Å². The van der Waals surface area contributed by atoms with Crippen LogP contribution in [0.3, 0.4) is 0 Å². The number of aromatic nitrogens is 3. The minimum atomic E-state index is 0.689. The van der Waals surface area contributed by atoms with Gasteiger partial charge in [0, 0.05) is 25.8 Å². The fourth-order valence-electron chi connectivity index (χ4n) is 4.21. The lowest BCUT2D eigenvalue weighted by molar-refractivity contribution is 0.764. The zero-order valence-electron chi connectivity index (χ0n) is 20.5. The van der Waals surface area contributed by atoms with Crippen molar-refractivity contribution >= 4 is 88.9 Å². The van der Waals surface area contributed by atoms with Crippen LogP contribution in [0.2, 0.25) is 0 Å². The van der Waals surface area contributed by atoms with Gasteiger partial charge in [-0.2, -0.15) is 15.0 Å². The fourth-order valence-corrected chi connectivity index (χ4v) is 5.09. The number of thiol groups is 3. The number of nitrogens with zero attached hydrogens (tertiary/aromatic N) is 5. The Hall–Kier alpha value is -4.05. The quantitative estimate of drug-likeness (QED) is 0.0735. The molecule has 6 nitrogen and oxygen atoms in total. The van der Waals surface area contributed by atoms with Crippen molar-refractivity contribution in [3.8, 4) is 5.69 Å². The van der Waals surface area contributed by atoms with Crippen LogP contribution in [0.15, 0.2) is 116 Å². The van der Waals surface area contributed by atoms with Crippen molar-refractivity contribution in [3.63, 3.8) is 0 Å². The molecule has 1 heterocycles. The Balaban J connectivity index is 1.23. The van der Waals surface area contributed by atoms with Crippen LogP contribution in [0.5, 0.6) is 0 Å². The molecule has 0 fully saturated rings. The molecule has 0 aliphatic heterocycles. The van der Waals surface area contributed by atoms with Gasteiger partial charge in [-0.1, -0.05) is 48.6 Å². The summed E-state index contributed by atoms with van der Waals surface area (Å²) in [6, 6.07) is 28.9. The summed E-state index contributed by atoms with van der Waals surface area (Å²) >= 11 is 14.0. The summed E-state index contributed by atoms with van der Waals surface area (Å²) in [5.74, 6) is 0. The normalized spacial score (nSPS) is 11.9. The maximum atomic E-state index is 5.72. The average molecular weight is 563 g/mol. The maximum Gasteiger partial charge on any atom is 0.121 e. The Labute approximate surface area is 241 Å². The molecular weight excluding hydrogens is 541 g/mol. The Morgan fingerprint density at radius 1 is 0.641 bits per heavy atom. The fraction of sp³-hybridized carbons (Fsp3) is 0. The van der Waals surface area contributed by atoms with Gasteiger partial charge in [0.2, 0.25) is 0 Å². The molecule has 0 spiro atoms. The van der Waals surface area contributed by atoms with Gasteiger partial charge in [-0.05, 0) is 71.1 Å². The molecule has 0 amide bonds. The molecule has 2 N–H and O–H groups in total. The van der Waals surface area contributed by atoms with E-state index >= 15 is 0 Å². The summed E-state index contributed by atoms with van der Waals surface area (Å²) in [5.41, 5.74) is 12.2. The molecule has 39 heavy (non-hydrogen) atoms. The van der Waals surface area contributed by atoms with Gasteiger partial charge in [0.15, 0.2) is 0 Å². The summed E-state index contributed by atoms with van der Waals surface area (Å²) in [5, 5.41) is 20.1. The van der Waals surface area contributed by atoms with Crippen molar-refractivity contribution < 1.29 is 0 Å². The van der Waals surface area contributed by atoms with Crippen LogP contribution in [-0.4, -0.2) is 15.0 Å². The molecule has 6 aromatic rings. The van der Waals surface area contributed by atoms with Crippen LogP contribution in [0, 0.1) is 0 Å². The highest BCUT2D eigenvalue weighted by Crippen LogP contribution is 2.30. The summed E-state index contributed by atoms with van der Waals surface area (Å²) in [6.45, 7) is 0. The van der Waals surface area contributed by atoms with Crippen LogP contribution >= 0.6 is 37.9 Å². The number of anilines is 1. The molecule has 0 saturated heterocycles. The molecule has 190 valence electrons. The first-order valence-electron chi connectivity index (χ1n) is 12.0. The van der Waals surface area contributed by atoms with E-state index < -0.39 is 0 Å². The van der Waals surface area contributed by atoms with E-state index in [0.29, 0.717) is 11.4 Å². The van der Waals surface area contributed by atoms with Crippen molar-refractivity contribution in [2.75, 3.05) is 5.73 Å². The molecule has 0 aliphatic rings. The minimum Gasteiger partial charge on any atom is -0.399 e. The number of fused-ring (bicyclic) bond motifs is 3. The third-order valence-electron chi connectivity index (χ3n) is 6.25. The highest BCUT2D eigenvalue weighted by molar-refractivity contribution is 7.80. The highest BCUT2D eigenvalue weighted by atomic mass is 32.1. The molecule has 5 aromatic carbocycles. The molecule has 1 aromatic heterocycles. The van der Waals surface area contributed by atoms with E-state index in [9.17, 15) is 0 Å². The van der Waals surface area contributed by atoms with Crippen molar-refractivity contribution in [3.05, 3.63) is 102 Å². The van der Waals surface area contributed by atoms with E-state index in [1.54, 1.807) is 16.9 Å². The van der Waals surface area contributed by atoms with E-state index in [2.05, 4.69) is 40.6 Å². The van der Waals surface area contributed by atoms with Gasteiger partial charge >= 0.3 is 0 Å². The highest BCUT2D eigenvalue weighted by Gasteiger charge is 2.11. The molecule has 6 rings (SSSR count). The van der Waals surface area contributed by atoms with Gasteiger partial charge in [0.25, 0.3) is 0 Å². The van der Waals surface area contributed by atoms with Crippen molar-refractivity contribution in [1.29, 1.82) is 0 Å². The van der Waals surface area contributed by atoms with E-state index in [4.69, 9.17) is 23.5 Å². The lowest BCUT2D eigenvalue weighted by atomic mass is 10.1. The number of hydrogen-bond acceptors (Lipinski definition) is 8. The Morgan fingerprint density at radius 3 is 2.00 bits per heavy atom. The molecular formula is C30H22N6S3. The van der Waals surface area contributed by atoms with Crippen molar-refractivity contribution in [2.24, 2.45) is 10.2 Å². The largest absolute Gasteiger partial charge is 0.399 e. The topological polar surface area (TPSA) is 81.5 Å². The van der Waals surface area contributed by atoms with Crippen LogP contribution in [0.25, 0.3) is 39.6 Å². The van der Waals surface area contributed by atoms with Crippen molar-refractivity contribution in [1.82, 2.24) is 15.0 Å². The third-order valence-corrected chi connectivity index (χ3v) is 7.39. The van der Waals surface area contributed by atoms with Gasteiger partial charge < -0.3 is 5.73 Å². The first-order valence-corrected chi connectivity index (χ1v) is 13.4. The van der Waals surface area contributed by atoms with Crippen LogP contribution < -0.4 is 5.73 Å². The first-order chi connectivity index (χ1) is 18.9. The summed E-state index contributed by atoms with van der Waals surface area (Å²) in [4.78, 5) is 4.11. The number of rotatable bonds is 5. The van der Waals surface area contributed by atoms with E-state index in [1.165, 1.54) is 0 Å². The number of hydrogen-bond donors (Lipinski definition) is 4. The van der Waals surface area contributed by atoms with Gasteiger partial charge in [-0.3, -0.25) is 0 Å². The standard InChI is InChI=1S/C30H22N6S3/c31-20-9-12-21(13-10-20)32-33-22-11-7-18(27(37)15-22)5-6-19-8-14-23(16-28(19)38)36-34-26-17-29(39)24-3-1-2-4-25(24)30(26)35-36/h1-17,37-39H,31H2. The van der Waals surface area contributed by atoms with E-state index in [-0.39, 0.29) is 0 Å². The van der Waals surface area contributed by atoms with Crippen LogP contribution in [-0.2, 0) is 0 Å². The molecule has 0 saturated carbocycles. The predicted octanol–water partition coefficient (Wildman–Crippen LogP) is 8.61. The second-order valence-electron chi connectivity index (χ2n) is 8.91. The number of azo groups is 1. The van der Waals surface area contributed by atoms with Crippen LogP contribution in [0.4, 0.5) is 17.1 Å². The van der Waals surface area contributed by atoms with Gasteiger partial charge in [0.05, 0.1) is 17.1 Å². The zero-order valence-corrected chi connectivity index (χ0v) is 23.2. The van der Waals surface area contributed by atoms with Gasteiger partial charge in [0.1, 0.15) is 11.0 Å². The predicted molar refractivity (Wildman–Crippen MR) is 169 cm³/mol. The Bertz CT molecular complexity index is 1910. The molecule has 9 heteroatoms. The summed E-state index contributed by atoms with van der Waals surface area (Å²) in [7, 11) is 0. The SMILES string of the molecule is Nc1ccc(N=Nc2ccc(C=Cc3ccc(-n4nc5cc(S)c6ccccc6c5n4)cc3S)c(S)c2)cc1. The minimum absolute atomic E-state index is 0.689. The second kappa shape index (κ2) is 10.6. The third kappa shape index (κ3) is 5.29. The van der Waals surface area contributed by atoms with Gasteiger partial charge in [-0.25, -0.2) is 0 Å². The number of benzene rings is 5. The number of nitrogen functional groups attached to an aromatic ring is 1. The zero-order chi connectivity index (χ0) is 26.9. The summed E-state index contributed by atoms with van der Waals surface area (Å²) < 4.78 is 0. The number of nitrogens with two attached hydrogens (primary N) is 1. The monoisotopic (exact) mass is 562 g/mol. The Kier molecular flexibility index (Phi) is 6.86. The molecule has 0 bridgehead atoms. The lowest BCUT2D eigenvalue weighted by Crippen LogP contribution is -1.98. The molecule has 0 radical (unpaired) electrons. The maximum absolute atomic E-state index is 5.72. The average Bonchev–Trinajstić information content (AvgIpc) is 3.37. The Morgan fingerprint density at radius 2 is 1.28 bits per heavy atom. The first kappa shape index (κ1) is 25.2. The lowest BCUT2D eigenvalue weighted by Gasteiger charge is -2.05. The van der Waals surface area contributed by atoms with E-state index in [1.807, 2.05) is 91.0 Å². The summed E-state index contributed by atoms with van der Waals surface area (Å²) in [6.07, 6.45) is 4.00. The van der Waals surface area contributed by atoms with Gasteiger partial charge in [-0.15, -0.1) is 48.1 Å². The molecule has 0 atom stereocenters. The van der Waals surface area contributed by atoms with Crippen LogP contribution in [0.1, 0.15) is 11.1 Å². The molecule has 0 unspecified atom stereocenters. The van der Waals surface area contributed by atoms with E-state index in [0.717, 1.165) is 59.0 Å². The smallest absolute Gasteiger partial charge is 0.121 e.